The van der Waals surface area contributed by atoms with Crippen molar-refractivity contribution >= 4 is 0 Å². The maximum Gasteiger partial charge on any atom is 0.0725 e. The fraction of sp³-hybridized carbons (Fsp3) is 0.750. The van der Waals surface area contributed by atoms with Crippen LogP contribution in [0.15, 0.2) is 17.8 Å². The van der Waals surface area contributed by atoms with Crippen molar-refractivity contribution in [2.45, 2.75) is 72.8 Å². The highest BCUT2D eigenvalue weighted by atomic mass is 15.4. The van der Waals surface area contributed by atoms with E-state index in [0.29, 0.717) is 0 Å². The minimum Gasteiger partial charge on any atom is -0.249 e. The normalized spacial score (nSPS) is 11.0. The zero-order valence-corrected chi connectivity index (χ0v) is 13.0. The van der Waals surface area contributed by atoms with Crippen molar-refractivity contribution in [3.8, 4) is 0 Å². The standard InChI is InChI=1S/C16H29N3/c1-14(2)9-6-5-7-12-19-16(13-17-18-19)11-8-10-15(3)4/h10,13-14H,5-9,11-12H2,1-4H3. The monoisotopic (exact) mass is 263 g/mol. The number of nitrogens with zero attached hydrogens (tertiary/aromatic N) is 3. The highest BCUT2D eigenvalue weighted by Gasteiger charge is 2.03. The second-order valence-electron chi connectivity index (χ2n) is 6.01. The molecule has 0 fully saturated rings. The van der Waals surface area contributed by atoms with Crippen LogP contribution >= 0.6 is 0 Å². The first kappa shape index (κ1) is 15.9. The van der Waals surface area contributed by atoms with Gasteiger partial charge in [-0.05, 0) is 39.0 Å². The highest BCUT2D eigenvalue weighted by molar-refractivity contribution is 4.99. The fourth-order valence-electron chi connectivity index (χ4n) is 2.16. The summed E-state index contributed by atoms with van der Waals surface area (Å²) >= 11 is 0. The van der Waals surface area contributed by atoms with Crippen molar-refractivity contribution in [2.24, 2.45) is 5.92 Å². The van der Waals surface area contributed by atoms with Crippen molar-refractivity contribution in [1.82, 2.24) is 15.0 Å². The molecule has 0 unspecified atom stereocenters. The van der Waals surface area contributed by atoms with Crippen LogP contribution in [0, 0.1) is 5.92 Å². The van der Waals surface area contributed by atoms with Crippen LogP contribution in [0.2, 0.25) is 0 Å². The number of aryl methyl sites for hydroxylation is 2. The molecule has 0 aliphatic rings. The van der Waals surface area contributed by atoms with E-state index in [4.69, 9.17) is 0 Å². The Morgan fingerprint density at radius 2 is 2.05 bits per heavy atom. The Hall–Kier alpha value is -1.12. The molecule has 3 heteroatoms. The molecule has 0 spiro atoms. The zero-order chi connectivity index (χ0) is 14.1. The van der Waals surface area contributed by atoms with E-state index in [0.717, 1.165) is 25.3 Å². The van der Waals surface area contributed by atoms with Gasteiger partial charge in [-0.3, -0.25) is 0 Å². The molecule has 0 amide bonds. The van der Waals surface area contributed by atoms with Gasteiger partial charge in [0.25, 0.3) is 0 Å². The topological polar surface area (TPSA) is 30.7 Å². The molecule has 108 valence electrons. The Morgan fingerprint density at radius 1 is 1.26 bits per heavy atom. The summed E-state index contributed by atoms with van der Waals surface area (Å²) in [6.07, 6.45) is 11.5. The van der Waals surface area contributed by atoms with Crippen molar-refractivity contribution in [1.29, 1.82) is 0 Å². The average molecular weight is 263 g/mol. The van der Waals surface area contributed by atoms with Gasteiger partial charge >= 0.3 is 0 Å². The lowest BCUT2D eigenvalue weighted by molar-refractivity contribution is 0.479. The van der Waals surface area contributed by atoms with E-state index in [1.807, 2.05) is 6.20 Å². The molecule has 0 radical (unpaired) electrons. The van der Waals surface area contributed by atoms with Crippen LogP contribution < -0.4 is 0 Å². The molecule has 0 bridgehead atoms. The van der Waals surface area contributed by atoms with E-state index in [9.17, 15) is 0 Å². The molecule has 1 heterocycles. The minimum absolute atomic E-state index is 0.825. The Kier molecular flexibility index (Phi) is 7.46. The van der Waals surface area contributed by atoms with Crippen LogP contribution in [-0.2, 0) is 13.0 Å². The molecule has 0 saturated heterocycles. The molecule has 3 nitrogen and oxygen atoms in total. The summed E-state index contributed by atoms with van der Waals surface area (Å²) in [5.41, 5.74) is 2.65. The average Bonchev–Trinajstić information content (AvgIpc) is 2.75. The molecule has 0 aliphatic heterocycles. The van der Waals surface area contributed by atoms with Gasteiger partial charge < -0.3 is 0 Å². The summed E-state index contributed by atoms with van der Waals surface area (Å²) < 4.78 is 2.08. The number of rotatable bonds is 9. The smallest absolute Gasteiger partial charge is 0.0725 e. The van der Waals surface area contributed by atoms with E-state index in [-0.39, 0.29) is 0 Å². The summed E-state index contributed by atoms with van der Waals surface area (Å²) in [5.74, 6) is 0.825. The van der Waals surface area contributed by atoms with Crippen molar-refractivity contribution < 1.29 is 0 Å². The summed E-state index contributed by atoms with van der Waals surface area (Å²) in [7, 11) is 0. The van der Waals surface area contributed by atoms with E-state index >= 15 is 0 Å². The van der Waals surface area contributed by atoms with Gasteiger partial charge in [-0.25, -0.2) is 4.68 Å². The summed E-state index contributed by atoms with van der Waals surface area (Å²) in [5, 5.41) is 8.23. The Bertz CT molecular complexity index is 373. The van der Waals surface area contributed by atoms with Gasteiger partial charge in [0.2, 0.25) is 0 Å². The zero-order valence-electron chi connectivity index (χ0n) is 13.0. The second kappa shape index (κ2) is 8.89. The van der Waals surface area contributed by atoms with Gasteiger partial charge in [0.15, 0.2) is 0 Å². The van der Waals surface area contributed by atoms with Crippen molar-refractivity contribution in [3.63, 3.8) is 0 Å². The van der Waals surface area contributed by atoms with E-state index < -0.39 is 0 Å². The van der Waals surface area contributed by atoms with Gasteiger partial charge in [0.1, 0.15) is 0 Å². The second-order valence-corrected chi connectivity index (χ2v) is 6.01. The molecular weight excluding hydrogens is 234 g/mol. The molecular formula is C16H29N3. The number of hydrogen-bond acceptors (Lipinski definition) is 2. The Morgan fingerprint density at radius 3 is 2.74 bits per heavy atom. The lowest BCUT2D eigenvalue weighted by atomic mass is 10.1. The van der Waals surface area contributed by atoms with Crippen molar-refractivity contribution in [2.75, 3.05) is 0 Å². The third kappa shape index (κ3) is 7.14. The van der Waals surface area contributed by atoms with Crippen LogP contribution in [0.4, 0.5) is 0 Å². The maximum atomic E-state index is 4.19. The summed E-state index contributed by atoms with van der Waals surface area (Å²) in [4.78, 5) is 0. The van der Waals surface area contributed by atoms with Gasteiger partial charge in [-0.2, -0.15) is 0 Å². The number of unbranched alkanes of at least 4 members (excludes halogenated alkanes) is 2. The molecule has 0 N–H and O–H groups in total. The minimum atomic E-state index is 0.825. The number of hydrogen-bond donors (Lipinski definition) is 0. The van der Waals surface area contributed by atoms with Crippen LogP contribution in [0.5, 0.6) is 0 Å². The lowest BCUT2D eigenvalue weighted by Crippen LogP contribution is -2.05. The first-order valence-corrected chi connectivity index (χ1v) is 7.60. The molecule has 0 saturated carbocycles. The van der Waals surface area contributed by atoms with Gasteiger partial charge in [0.05, 0.1) is 11.9 Å². The number of aromatic nitrogens is 3. The lowest BCUT2D eigenvalue weighted by Gasteiger charge is -2.06. The highest BCUT2D eigenvalue weighted by Crippen LogP contribution is 2.10. The largest absolute Gasteiger partial charge is 0.249 e. The van der Waals surface area contributed by atoms with Crippen LogP contribution in [0.1, 0.15) is 65.5 Å². The molecule has 0 aromatic carbocycles. The predicted octanol–water partition coefficient (Wildman–Crippen LogP) is 4.39. The predicted molar refractivity (Wildman–Crippen MR) is 81.1 cm³/mol. The first-order chi connectivity index (χ1) is 9.09. The van der Waals surface area contributed by atoms with Crippen LogP contribution in [0.3, 0.4) is 0 Å². The van der Waals surface area contributed by atoms with E-state index in [1.165, 1.54) is 37.0 Å². The SMILES string of the molecule is CC(C)=CCCc1cnnn1CCCCCC(C)C. The molecule has 1 aromatic rings. The maximum absolute atomic E-state index is 4.19. The molecule has 19 heavy (non-hydrogen) atoms. The van der Waals surface area contributed by atoms with Gasteiger partial charge in [-0.15, -0.1) is 5.10 Å². The quantitative estimate of drug-likeness (QED) is 0.488. The number of allylic oxidation sites excluding steroid dienone is 2. The summed E-state index contributed by atoms with van der Waals surface area (Å²) in [6.45, 7) is 9.88. The third-order valence-electron chi connectivity index (χ3n) is 3.30. The van der Waals surface area contributed by atoms with Crippen molar-refractivity contribution in [3.05, 3.63) is 23.5 Å². The van der Waals surface area contributed by atoms with Gasteiger partial charge in [0, 0.05) is 6.54 Å². The third-order valence-corrected chi connectivity index (χ3v) is 3.30. The molecule has 0 aliphatic carbocycles. The Labute approximate surface area is 118 Å². The van der Waals surface area contributed by atoms with E-state index in [2.05, 4.69) is 48.8 Å². The fourth-order valence-corrected chi connectivity index (χ4v) is 2.16. The van der Waals surface area contributed by atoms with Gasteiger partial charge in [-0.1, -0.05) is 50.0 Å². The van der Waals surface area contributed by atoms with Crippen LogP contribution in [-0.4, -0.2) is 15.0 Å². The van der Waals surface area contributed by atoms with Crippen LogP contribution in [0.25, 0.3) is 0 Å². The Balaban J connectivity index is 2.26. The first-order valence-electron chi connectivity index (χ1n) is 7.60. The molecule has 1 aromatic heterocycles. The molecule has 1 rings (SSSR count). The van der Waals surface area contributed by atoms with E-state index in [1.54, 1.807) is 0 Å². The summed E-state index contributed by atoms with van der Waals surface area (Å²) in [6, 6.07) is 0. The molecule has 0 atom stereocenters.